The van der Waals surface area contributed by atoms with Gasteiger partial charge in [0.15, 0.2) is 0 Å². The van der Waals surface area contributed by atoms with E-state index in [-0.39, 0.29) is 11.4 Å². The second-order valence-corrected chi connectivity index (χ2v) is 4.05. The first-order chi connectivity index (χ1) is 9.02. The highest BCUT2D eigenvalue weighted by Crippen LogP contribution is 2.25. The van der Waals surface area contributed by atoms with Gasteiger partial charge in [-0.3, -0.25) is 10.1 Å². The first-order valence-electron chi connectivity index (χ1n) is 5.54. The zero-order valence-electron chi connectivity index (χ0n) is 9.71. The molecule has 1 aliphatic heterocycles. The zero-order valence-corrected chi connectivity index (χ0v) is 9.71. The normalized spacial score (nSPS) is 30.3. The molecule has 1 saturated heterocycles. The second kappa shape index (κ2) is 5.49. The third kappa shape index (κ3) is 2.82. The molecule has 1 aromatic carbocycles. The molecule has 0 bridgehead atoms. The van der Waals surface area contributed by atoms with Gasteiger partial charge in [0.1, 0.15) is 24.1 Å². The molecule has 0 aromatic heterocycles. The fourth-order valence-corrected chi connectivity index (χ4v) is 1.78. The Morgan fingerprint density at radius 2 is 2.00 bits per heavy atom. The maximum absolute atomic E-state index is 11.5. The van der Waals surface area contributed by atoms with E-state index in [0.717, 1.165) is 0 Å². The Morgan fingerprint density at radius 3 is 2.47 bits per heavy atom. The van der Waals surface area contributed by atoms with Crippen molar-refractivity contribution in [2.45, 2.75) is 24.6 Å². The van der Waals surface area contributed by atoms with E-state index in [9.17, 15) is 20.3 Å². The summed E-state index contributed by atoms with van der Waals surface area (Å²) in [5.74, 6) is 0.206. The maximum Gasteiger partial charge on any atom is 0.269 e. The van der Waals surface area contributed by atoms with Gasteiger partial charge in [0, 0.05) is 18.4 Å². The second-order valence-electron chi connectivity index (χ2n) is 4.05. The van der Waals surface area contributed by atoms with Gasteiger partial charge in [0.2, 0.25) is 0 Å². The smallest absolute Gasteiger partial charge is 0.269 e. The first kappa shape index (κ1) is 13.7. The van der Waals surface area contributed by atoms with Crippen LogP contribution in [0.4, 0.5) is 5.69 Å². The standard InChI is InChI=1S/C11H12NO7/c13-5-8-9(14)10(11(15)19-8)18-7-3-1-6(2-4-7)12(16)17/h1-4,8-11,13-14H,5H2/q-1/t8-,9-,10+,11+/m0/s1. The Hall–Kier alpha value is -1.74. The van der Waals surface area contributed by atoms with Crippen LogP contribution in [0.2, 0.25) is 0 Å². The lowest BCUT2D eigenvalue weighted by molar-refractivity contribution is -0.496. The number of rotatable bonds is 4. The molecule has 0 spiro atoms. The maximum atomic E-state index is 11.5. The highest BCUT2D eigenvalue weighted by Gasteiger charge is 2.39. The van der Waals surface area contributed by atoms with Crippen molar-refractivity contribution >= 4 is 5.69 Å². The molecule has 0 amide bonds. The van der Waals surface area contributed by atoms with E-state index < -0.39 is 36.1 Å². The number of benzene rings is 1. The third-order valence-electron chi connectivity index (χ3n) is 2.79. The summed E-state index contributed by atoms with van der Waals surface area (Å²) < 4.78 is 10.0. The minimum Gasteiger partial charge on any atom is -0.828 e. The summed E-state index contributed by atoms with van der Waals surface area (Å²) in [5, 5.41) is 40.5. The number of hydrogen-bond donors (Lipinski definition) is 2. The summed E-state index contributed by atoms with van der Waals surface area (Å²) in [6.45, 7) is -0.486. The van der Waals surface area contributed by atoms with Crippen LogP contribution in [0, 0.1) is 10.1 Å². The minimum absolute atomic E-state index is 0.109. The van der Waals surface area contributed by atoms with Gasteiger partial charge in [0.25, 0.3) is 5.69 Å². The van der Waals surface area contributed by atoms with Crippen molar-refractivity contribution in [1.82, 2.24) is 0 Å². The summed E-state index contributed by atoms with van der Waals surface area (Å²) in [5.41, 5.74) is -0.109. The van der Waals surface area contributed by atoms with Crippen molar-refractivity contribution in [3.05, 3.63) is 34.4 Å². The molecule has 19 heavy (non-hydrogen) atoms. The van der Waals surface area contributed by atoms with Crippen LogP contribution in [0.3, 0.4) is 0 Å². The Bertz CT molecular complexity index is 449. The average Bonchev–Trinajstić information content (AvgIpc) is 2.67. The molecule has 2 rings (SSSR count). The van der Waals surface area contributed by atoms with Crippen LogP contribution in [-0.4, -0.2) is 46.3 Å². The van der Waals surface area contributed by atoms with Crippen LogP contribution in [0.5, 0.6) is 5.75 Å². The number of nitro benzene ring substituents is 1. The van der Waals surface area contributed by atoms with Gasteiger partial charge < -0.3 is 24.8 Å². The number of non-ortho nitro benzene ring substituents is 1. The van der Waals surface area contributed by atoms with Gasteiger partial charge in [-0.05, 0) is 12.1 Å². The van der Waals surface area contributed by atoms with Crippen molar-refractivity contribution in [2.75, 3.05) is 6.61 Å². The predicted octanol–water partition coefficient (Wildman–Crippen LogP) is -1.22. The zero-order chi connectivity index (χ0) is 14.0. The Labute approximate surface area is 108 Å². The molecule has 4 atom stereocenters. The van der Waals surface area contributed by atoms with Gasteiger partial charge in [-0.15, -0.1) is 0 Å². The molecule has 0 saturated carbocycles. The van der Waals surface area contributed by atoms with Gasteiger partial charge in [0.05, 0.1) is 11.5 Å². The van der Waals surface area contributed by atoms with E-state index in [2.05, 4.69) is 0 Å². The Morgan fingerprint density at radius 1 is 1.37 bits per heavy atom. The summed E-state index contributed by atoms with van der Waals surface area (Å²) >= 11 is 0. The molecule has 1 heterocycles. The monoisotopic (exact) mass is 270 g/mol. The quantitative estimate of drug-likeness (QED) is 0.519. The third-order valence-corrected chi connectivity index (χ3v) is 2.79. The van der Waals surface area contributed by atoms with Gasteiger partial charge in [-0.2, -0.15) is 0 Å². The fraction of sp³-hybridized carbons (Fsp3) is 0.455. The van der Waals surface area contributed by atoms with Crippen LogP contribution in [0.15, 0.2) is 24.3 Å². The van der Waals surface area contributed by atoms with Crippen molar-refractivity contribution in [3.8, 4) is 5.75 Å². The van der Waals surface area contributed by atoms with E-state index in [0.29, 0.717) is 0 Å². The molecule has 8 nitrogen and oxygen atoms in total. The molecule has 0 unspecified atom stereocenters. The van der Waals surface area contributed by atoms with E-state index in [1.807, 2.05) is 0 Å². The molecule has 1 aliphatic rings. The van der Waals surface area contributed by atoms with Crippen LogP contribution in [0.25, 0.3) is 0 Å². The average molecular weight is 270 g/mol. The minimum atomic E-state index is -1.62. The number of ether oxygens (including phenoxy) is 2. The number of hydrogen-bond acceptors (Lipinski definition) is 7. The van der Waals surface area contributed by atoms with E-state index in [4.69, 9.17) is 14.6 Å². The van der Waals surface area contributed by atoms with Crippen LogP contribution in [-0.2, 0) is 4.74 Å². The van der Waals surface area contributed by atoms with E-state index in [1.165, 1.54) is 24.3 Å². The van der Waals surface area contributed by atoms with Crippen LogP contribution < -0.4 is 9.84 Å². The SMILES string of the molecule is O=[N+]([O-])c1ccc(O[C@@H]2[C@@H](O)[C@H](CO)O[C@H]2[O-])cc1. The van der Waals surface area contributed by atoms with Gasteiger partial charge >= 0.3 is 0 Å². The van der Waals surface area contributed by atoms with Gasteiger partial charge in [-0.25, -0.2) is 0 Å². The first-order valence-corrected chi connectivity index (χ1v) is 5.54. The lowest BCUT2D eigenvalue weighted by Gasteiger charge is -2.25. The lowest BCUT2D eigenvalue weighted by atomic mass is 10.1. The highest BCUT2D eigenvalue weighted by atomic mass is 16.7. The molecular formula is C11H12NO7-. The molecule has 2 N–H and O–H groups in total. The van der Waals surface area contributed by atoms with Crippen LogP contribution in [0.1, 0.15) is 0 Å². The van der Waals surface area contributed by atoms with E-state index >= 15 is 0 Å². The van der Waals surface area contributed by atoms with Crippen molar-refractivity contribution in [1.29, 1.82) is 0 Å². The molecular weight excluding hydrogens is 258 g/mol. The molecule has 8 heteroatoms. The van der Waals surface area contributed by atoms with E-state index in [1.54, 1.807) is 0 Å². The summed E-state index contributed by atoms with van der Waals surface area (Å²) in [7, 11) is 0. The Kier molecular flexibility index (Phi) is 3.96. The number of nitro groups is 1. The summed E-state index contributed by atoms with van der Waals surface area (Å²) in [6.07, 6.45) is -5.02. The molecule has 1 fully saturated rings. The largest absolute Gasteiger partial charge is 0.828 e. The predicted molar refractivity (Wildman–Crippen MR) is 59.3 cm³/mol. The molecule has 1 aromatic rings. The lowest BCUT2D eigenvalue weighted by Crippen LogP contribution is -2.43. The van der Waals surface area contributed by atoms with Crippen molar-refractivity contribution in [3.63, 3.8) is 0 Å². The topological polar surface area (TPSA) is 125 Å². The molecule has 104 valence electrons. The number of aliphatic hydroxyl groups is 2. The number of nitrogens with zero attached hydrogens (tertiary/aromatic N) is 1. The summed E-state index contributed by atoms with van der Waals surface area (Å²) in [4.78, 5) is 9.91. The number of aliphatic hydroxyl groups excluding tert-OH is 2. The Balaban J connectivity index is 2.06. The van der Waals surface area contributed by atoms with Crippen molar-refractivity contribution in [2.24, 2.45) is 0 Å². The highest BCUT2D eigenvalue weighted by molar-refractivity contribution is 5.36. The summed E-state index contributed by atoms with van der Waals surface area (Å²) in [6, 6.07) is 5.09. The molecule has 0 radical (unpaired) electrons. The van der Waals surface area contributed by atoms with Crippen LogP contribution >= 0.6 is 0 Å². The van der Waals surface area contributed by atoms with Gasteiger partial charge in [-0.1, -0.05) is 0 Å². The van der Waals surface area contributed by atoms with Crippen molar-refractivity contribution < 1.29 is 29.7 Å². The molecule has 0 aliphatic carbocycles. The fourth-order valence-electron chi connectivity index (χ4n) is 1.78.